The lowest BCUT2D eigenvalue weighted by atomic mass is 9.86. The van der Waals surface area contributed by atoms with Crippen molar-refractivity contribution in [2.45, 2.75) is 19.0 Å². The first-order valence-electron chi connectivity index (χ1n) is 6.75. The topological polar surface area (TPSA) is 37.3 Å². The zero-order valence-corrected chi connectivity index (χ0v) is 11.8. The summed E-state index contributed by atoms with van der Waals surface area (Å²) in [4.78, 5) is 11.2. The predicted molar refractivity (Wildman–Crippen MR) is 77.5 cm³/mol. The monoisotopic (exact) mass is 308 g/mol. The molecule has 2 aromatic carbocycles. The minimum Gasteiger partial charge on any atom is -0.481 e. The highest BCUT2D eigenvalue weighted by Gasteiger charge is 2.44. The Labute approximate surface area is 126 Å². The number of carbonyl (C=O) groups is 1. The molecule has 0 aliphatic carbocycles. The quantitative estimate of drug-likeness (QED) is 0.887. The van der Waals surface area contributed by atoms with E-state index in [1.807, 2.05) is 30.3 Å². The Bertz CT molecular complexity index is 633. The van der Waals surface area contributed by atoms with Crippen molar-refractivity contribution in [3.63, 3.8) is 0 Å². The maximum Gasteiger partial charge on any atom is 0.392 e. The summed E-state index contributed by atoms with van der Waals surface area (Å²) >= 11 is 0. The van der Waals surface area contributed by atoms with Crippen molar-refractivity contribution in [2.24, 2.45) is 5.92 Å². The van der Waals surface area contributed by atoms with Crippen molar-refractivity contribution in [3.05, 3.63) is 60.2 Å². The van der Waals surface area contributed by atoms with Gasteiger partial charge in [-0.2, -0.15) is 13.2 Å². The van der Waals surface area contributed by atoms with Gasteiger partial charge >= 0.3 is 12.1 Å². The number of hydrogen-bond donors (Lipinski definition) is 1. The Kier molecular flexibility index (Phi) is 4.54. The maximum atomic E-state index is 12.8. The van der Waals surface area contributed by atoms with Gasteiger partial charge in [0, 0.05) is 0 Å². The van der Waals surface area contributed by atoms with Crippen LogP contribution < -0.4 is 0 Å². The Morgan fingerprint density at radius 1 is 0.955 bits per heavy atom. The molecular weight excluding hydrogens is 293 g/mol. The molecule has 0 heterocycles. The fourth-order valence-electron chi connectivity index (χ4n) is 2.35. The molecule has 1 N–H and O–H groups in total. The molecule has 0 aliphatic heterocycles. The largest absolute Gasteiger partial charge is 0.481 e. The number of halogens is 3. The van der Waals surface area contributed by atoms with Gasteiger partial charge in [-0.05, 0) is 16.7 Å². The number of rotatable bonds is 4. The number of carboxylic acid groups (broad SMARTS) is 1. The molecule has 0 amide bonds. The third kappa shape index (κ3) is 3.47. The van der Waals surface area contributed by atoms with Crippen LogP contribution in [0, 0.1) is 5.92 Å². The van der Waals surface area contributed by atoms with E-state index in [0.29, 0.717) is 0 Å². The van der Waals surface area contributed by atoms with Crippen molar-refractivity contribution in [2.75, 3.05) is 0 Å². The summed E-state index contributed by atoms with van der Waals surface area (Å²) in [7, 11) is 0. The van der Waals surface area contributed by atoms with Crippen molar-refractivity contribution in [1.29, 1.82) is 0 Å². The van der Waals surface area contributed by atoms with E-state index in [4.69, 9.17) is 5.11 Å². The molecule has 116 valence electrons. The van der Waals surface area contributed by atoms with E-state index in [1.165, 1.54) is 12.1 Å². The van der Waals surface area contributed by atoms with Crippen LogP contribution in [0.1, 0.15) is 18.4 Å². The highest BCUT2D eigenvalue weighted by molar-refractivity contribution is 5.77. The first kappa shape index (κ1) is 16.1. The van der Waals surface area contributed by atoms with Crippen LogP contribution in [0.15, 0.2) is 54.6 Å². The molecule has 0 spiro atoms. The van der Waals surface area contributed by atoms with Crippen LogP contribution in [-0.4, -0.2) is 17.3 Å². The van der Waals surface area contributed by atoms with Crippen LogP contribution in [0.4, 0.5) is 13.2 Å². The minimum atomic E-state index is -4.55. The average molecular weight is 308 g/mol. The molecule has 5 heteroatoms. The Morgan fingerprint density at radius 2 is 1.45 bits per heavy atom. The smallest absolute Gasteiger partial charge is 0.392 e. The normalized spacial score (nSPS) is 14.4. The molecule has 2 aromatic rings. The molecule has 0 bridgehead atoms. The zero-order chi connectivity index (χ0) is 16.3. The molecule has 0 saturated carbocycles. The summed E-state index contributed by atoms with van der Waals surface area (Å²) in [6, 6.07) is 15.5. The Hall–Kier alpha value is -2.30. The standard InChI is InChI=1S/C17H15F3O2/c1-11(17(18,19)20)15(16(21)22)14-9-7-13(8-10-14)12-5-3-2-4-6-12/h2-11,15H,1H3,(H,21,22)/t11-,15+/m1/s1. The number of hydrogen-bond acceptors (Lipinski definition) is 1. The molecular formula is C17H15F3O2. The second-order valence-corrected chi connectivity index (χ2v) is 5.13. The van der Waals surface area contributed by atoms with Crippen molar-refractivity contribution >= 4 is 5.97 Å². The zero-order valence-electron chi connectivity index (χ0n) is 11.8. The van der Waals surface area contributed by atoms with Gasteiger partial charge in [0.05, 0.1) is 11.8 Å². The van der Waals surface area contributed by atoms with Gasteiger partial charge in [0.25, 0.3) is 0 Å². The molecule has 0 fully saturated rings. The second kappa shape index (κ2) is 6.22. The van der Waals surface area contributed by atoms with E-state index in [0.717, 1.165) is 18.1 Å². The van der Waals surface area contributed by atoms with Crippen LogP contribution in [0.3, 0.4) is 0 Å². The summed E-state index contributed by atoms with van der Waals surface area (Å²) in [5.41, 5.74) is 1.90. The second-order valence-electron chi connectivity index (χ2n) is 5.13. The van der Waals surface area contributed by atoms with Gasteiger partial charge in [-0.1, -0.05) is 61.5 Å². The molecule has 2 atom stereocenters. The molecule has 2 rings (SSSR count). The van der Waals surface area contributed by atoms with Gasteiger partial charge in [0.2, 0.25) is 0 Å². The van der Waals surface area contributed by atoms with E-state index in [1.54, 1.807) is 12.1 Å². The first-order valence-corrected chi connectivity index (χ1v) is 6.75. The number of aliphatic carboxylic acids is 1. The molecule has 0 unspecified atom stereocenters. The molecule has 22 heavy (non-hydrogen) atoms. The van der Waals surface area contributed by atoms with Crippen LogP contribution in [0.25, 0.3) is 11.1 Å². The van der Waals surface area contributed by atoms with Gasteiger partial charge in [-0.3, -0.25) is 4.79 Å². The molecule has 0 aliphatic rings. The highest BCUT2D eigenvalue weighted by atomic mass is 19.4. The van der Waals surface area contributed by atoms with E-state index in [9.17, 15) is 18.0 Å². The van der Waals surface area contributed by atoms with Crippen molar-refractivity contribution in [1.82, 2.24) is 0 Å². The van der Waals surface area contributed by atoms with Gasteiger partial charge in [0.1, 0.15) is 0 Å². The van der Waals surface area contributed by atoms with E-state index >= 15 is 0 Å². The third-order valence-electron chi connectivity index (χ3n) is 3.66. The van der Waals surface area contributed by atoms with Gasteiger partial charge < -0.3 is 5.11 Å². The number of carboxylic acids is 1. The molecule has 2 nitrogen and oxygen atoms in total. The van der Waals surface area contributed by atoms with Gasteiger partial charge in [-0.25, -0.2) is 0 Å². The summed E-state index contributed by atoms with van der Waals surface area (Å²) in [5.74, 6) is -5.03. The van der Waals surface area contributed by atoms with E-state index < -0.39 is 24.0 Å². The fraction of sp³-hybridized carbons (Fsp3) is 0.235. The van der Waals surface area contributed by atoms with Crippen LogP contribution in [0.2, 0.25) is 0 Å². The van der Waals surface area contributed by atoms with Crippen molar-refractivity contribution in [3.8, 4) is 11.1 Å². The minimum absolute atomic E-state index is 0.150. The van der Waals surface area contributed by atoms with Gasteiger partial charge in [0.15, 0.2) is 0 Å². The maximum absolute atomic E-state index is 12.8. The number of alkyl halides is 3. The summed E-state index contributed by atoms with van der Waals surface area (Å²) in [5, 5.41) is 9.15. The average Bonchev–Trinajstić information content (AvgIpc) is 2.48. The summed E-state index contributed by atoms with van der Waals surface area (Å²) < 4.78 is 38.5. The molecule has 0 saturated heterocycles. The van der Waals surface area contributed by atoms with Crippen LogP contribution in [0.5, 0.6) is 0 Å². The molecule has 0 aromatic heterocycles. The Morgan fingerprint density at radius 3 is 1.91 bits per heavy atom. The lowest BCUT2D eigenvalue weighted by Gasteiger charge is -2.23. The van der Waals surface area contributed by atoms with Crippen molar-refractivity contribution < 1.29 is 23.1 Å². The van der Waals surface area contributed by atoms with Crippen LogP contribution >= 0.6 is 0 Å². The number of benzene rings is 2. The van der Waals surface area contributed by atoms with Gasteiger partial charge in [-0.15, -0.1) is 0 Å². The van der Waals surface area contributed by atoms with E-state index in [2.05, 4.69) is 0 Å². The summed E-state index contributed by atoms with van der Waals surface area (Å²) in [6.07, 6.45) is -4.55. The lowest BCUT2D eigenvalue weighted by molar-refractivity contribution is -0.183. The van der Waals surface area contributed by atoms with E-state index in [-0.39, 0.29) is 5.56 Å². The van der Waals surface area contributed by atoms with Crippen LogP contribution in [-0.2, 0) is 4.79 Å². The highest BCUT2D eigenvalue weighted by Crippen LogP contribution is 2.38. The Balaban J connectivity index is 2.33. The third-order valence-corrected chi connectivity index (χ3v) is 3.66. The predicted octanol–water partition coefficient (Wildman–Crippen LogP) is 4.72. The fourth-order valence-corrected chi connectivity index (χ4v) is 2.35. The first-order chi connectivity index (χ1) is 10.3. The molecule has 0 radical (unpaired) electrons. The SMILES string of the molecule is C[C@H]([C@H](C(=O)O)c1ccc(-c2ccccc2)cc1)C(F)(F)F. The summed E-state index contributed by atoms with van der Waals surface area (Å²) in [6.45, 7) is 0.893. The lowest BCUT2D eigenvalue weighted by Crippen LogP contribution is -2.31.